The van der Waals surface area contributed by atoms with Crippen LogP contribution in [0, 0.1) is 6.92 Å². The number of rotatable bonds is 5. The lowest BCUT2D eigenvalue weighted by molar-refractivity contribution is -0.123. The number of aryl methyl sites for hydroxylation is 1. The Balaban J connectivity index is 1.92. The van der Waals surface area contributed by atoms with Crippen LogP contribution in [0.2, 0.25) is 0 Å². The molecule has 4 nitrogen and oxygen atoms in total. The van der Waals surface area contributed by atoms with Gasteiger partial charge in [0.25, 0.3) is 5.91 Å². The molecule has 0 aliphatic heterocycles. The maximum atomic E-state index is 11.9. The van der Waals surface area contributed by atoms with E-state index in [0.29, 0.717) is 11.8 Å². The van der Waals surface area contributed by atoms with Crippen LogP contribution < -0.4 is 15.8 Å². The molecule has 1 aliphatic carbocycles. The highest BCUT2D eigenvalue weighted by Crippen LogP contribution is 2.25. The predicted octanol–water partition coefficient (Wildman–Crippen LogP) is 2.45. The monoisotopic (exact) mass is 276 g/mol. The highest BCUT2D eigenvalue weighted by atomic mass is 16.5. The molecule has 4 heteroatoms. The first kappa shape index (κ1) is 14.9. The van der Waals surface area contributed by atoms with Crippen LogP contribution in [0.1, 0.15) is 49.8 Å². The van der Waals surface area contributed by atoms with E-state index in [1.807, 2.05) is 32.0 Å². The molecule has 0 radical (unpaired) electrons. The smallest absolute Gasteiger partial charge is 0.258 e. The molecule has 0 heterocycles. The Labute approximate surface area is 120 Å². The first-order valence-electron chi connectivity index (χ1n) is 7.34. The van der Waals surface area contributed by atoms with E-state index in [-0.39, 0.29) is 18.6 Å². The summed E-state index contributed by atoms with van der Waals surface area (Å²) in [6.07, 6.45) is 4.58. The standard InChI is InChI=1S/C16H24N2O2/c1-11-7-8-14(12(2)17)15(9-11)20-10-16(19)18-13-5-3-4-6-13/h7-9,12-13H,3-6,10,17H2,1-2H3,(H,18,19)/t12-/m1/s1. The highest BCUT2D eigenvalue weighted by Gasteiger charge is 2.17. The number of benzene rings is 1. The van der Waals surface area contributed by atoms with Crippen molar-refractivity contribution >= 4 is 5.91 Å². The fourth-order valence-electron chi connectivity index (χ4n) is 2.63. The summed E-state index contributed by atoms with van der Waals surface area (Å²) in [6, 6.07) is 6.12. The molecule has 0 spiro atoms. The van der Waals surface area contributed by atoms with Gasteiger partial charge in [-0.25, -0.2) is 0 Å². The number of carbonyl (C=O) groups excluding carboxylic acids is 1. The Kier molecular flexibility index (Phi) is 5.01. The van der Waals surface area contributed by atoms with E-state index in [4.69, 9.17) is 10.5 Å². The molecule has 1 atom stereocenters. The Morgan fingerprint density at radius 3 is 2.80 bits per heavy atom. The summed E-state index contributed by atoms with van der Waals surface area (Å²) in [7, 11) is 0. The molecule has 1 amide bonds. The quantitative estimate of drug-likeness (QED) is 0.868. The topological polar surface area (TPSA) is 64.3 Å². The molecular formula is C16H24N2O2. The van der Waals surface area contributed by atoms with Crippen molar-refractivity contribution in [3.8, 4) is 5.75 Å². The van der Waals surface area contributed by atoms with Crippen molar-refractivity contribution in [2.45, 2.75) is 51.6 Å². The molecule has 1 saturated carbocycles. The van der Waals surface area contributed by atoms with Crippen LogP contribution in [-0.2, 0) is 4.79 Å². The molecule has 1 aromatic carbocycles. The van der Waals surface area contributed by atoms with Crippen molar-refractivity contribution in [1.29, 1.82) is 0 Å². The van der Waals surface area contributed by atoms with Crippen LogP contribution in [-0.4, -0.2) is 18.6 Å². The third-order valence-electron chi connectivity index (χ3n) is 3.74. The van der Waals surface area contributed by atoms with Crippen LogP contribution in [0.5, 0.6) is 5.75 Å². The van der Waals surface area contributed by atoms with Gasteiger partial charge in [-0.05, 0) is 38.3 Å². The van der Waals surface area contributed by atoms with E-state index in [1.165, 1.54) is 12.8 Å². The molecule has 1 fully saturated rings. The minimum atomic E-state index is -0.108. The zero-order valence-corrected chi connectivity index (χ0v) is 12.3. The normalized spacial score (nSPS) is 16.9. The van der Waals surface area contributed by atoms with Gasteiger partial charge in [0, 0.05) is 17.6 Å². The third-order valence-corrected chi connectivity index (χ3v) is 3.74. The number of carbonyl (C=O) groups is 1. The summed E-state index contributed by atoms with van der Waals surface area (Å²) >= 11 is 0. The zero-order chi connectivity index (χ0) is 14.5. The average Bonchev–Trinajstić information content (AvgIpc) is 2.89. The second-order valence-corrected chi connectivity index (χ2v) is 5.67. The summed E-state index contributed by atoms with van der Waals surface area (Å²) in [5.74, 6) is 0.663. The molecule has 20 heavy (non-hydrogen) atoms. The van der Waals surface area contributed by atoms with Crippen molar-refractivity contribution in [1.82, 2.24) is 5.32 Å². The predicted molar refractivity (Wildman–Crippen MR) is 79.7 cm³/mol. The fraction of sp³-hybridized carbons (Fsp3) is 0.562. The van der Waals surface area contributed by atoms with Gasteiger partial charge in [0.1, 0.15) is 5.75 Å². The number of hydrogen-bond acceptors (Lipinski definition) is 3. The summed E-state index contributed by atoms with van der Waals surface area (Å²) in [5.41, 5.74) is 7.95. The van der Waals surface area contributed by atoms with Crippen molar-refractivity contribution in [2.75, 3.05) is 6.61 Å². The maximum absolute atomic E-state index is 11.9. The second-order valence-electron chi connectivity index (χ2n) is 5.67. The van der Waals surface area contributed by atoms with Gasteiger partial charge < -0.3 is 15.8 Å². The minimum absolute atomic E-state index is 0.0472. The number of hydrogen-bond donors (Lipinski definition) is 2. The molecule has 0 bridgehead atoms. The third kappa shape index (κ3) is 3.97. The minimum Gasteiger partial charge on any atom is -0.483 e. The van der Waals surface area contributed by atoms with Crippen molar-refractivity contribution in [3.05, 3.63) is 29.3 Å². The molecule has 3 N–H and O–H groups in total. The molecule has 1 aliphatic rings. The van der Waals surface area contributed by atoms with Gasteiger partial charge in [0.15, 0.2) is 6.61 Å². The van der Waals surface area contributed by atoms with Crippen LogP contribution in [0.25, 0.3) is 0 Å². The van der Waals surface area contributed by atoms with Crippen LogP contribution in [0.15, 0.2) is 18.2 Å². The van der Waals surface area contributed by atoms with Crippen molar-refractivity contribution in [2.24, 2.45) is 5.73 Å². The molecular weight excluding hydrogens is 252 g/mol. The Hall–Kier alpha value is -1.55. The van der Waals surface area contributed by atoms with Gasteiger partial charge in [-0.3, -0.25) is 4.79 Å². The van der Waals surface area contributed by atoms with Gasteiger partial charge in [-0.15, -0.1) is 0 Å². The van der Waals surface area contributed by atoms with E-state index in [9.17, 15) is 4.79 Å². The SMILES string of the molecule is Cc1ccc([C@@H](C)N)c(OCC(=O)NC2CCCC2)c1. The summed E-state index contributed by atoms with van der Waals surface area (Å²) in [5, 5.41) is 3.02. The molecule has 0 aromatic heterocycles. The highest BCUT2D eigenvalue weighted by molar-refractivity contribution is 5.77. The number of nitrogens with one attached hydrogen (secondary N) is 1. The van der Waals surface area contributed by atoms with Gasteiger partial charge in [0.2, 0.25) is 0 Å². The van der Waals surface area contributed by atoms with E-state index in [0.717, 1.165) is 24.0 Å². The van der Waals surface area contributed by atoms with Crippen LogP contribution >= 0.6 is 0 Å². The molecule has 0 saturated heterocycles. The number of ether oxygens (including phenoxy) is 1. The lowest BCUT2D eigenvalue weighted by atomic mass is 10.1. The molecule has 110 valence electrons. The van der Waals surface area contributed by atoms with Crippen LogP contribution in [0.4, 0.5) is 0 Å². The summed E-state index contributed by atoms with van der Waals surface area (Å²) < 4.78 is 5.66. The van der Waals surface area contributed by atoms with E-state index < -0.39 is 0 Å². The number of amides is 1. The van der Waals surface area contributed by atoms with Crippen molar-refractivity contribution in [3.63, 3.8) is 0 Å². The maximum Gasteiger partial charge on any atom is 0.258 e. The first-order valence-corrected chi connectivity index (χ1v) is 7.34. The summed E-state index contributed by atoms with van der Waals surface area (Å²) in [4.78, 5) is 11.9. The fourth-order valence-corrected chi connectivity index (χ4v) is 2.63. The molecule has 2 rings (SSSR count). The molecule has 1 aromatic rings. The zero-order valence-electron chi connectivity index (χ0n) is 12.3. The Morgan fingerprint density at radius 1 is 1.45 bits per heavy atom. The lowest BCUT2D eigenvalue weighted by Gasteiger charge is -2.16. The Bertz CT molecular complexity index is 466. The van der Waals surface area contributed by atoms with E-state index in [2.05, 4.69) is 5.32 Å². The van der Waals surface area contributed by atoms with Gasteiger partial charge in [-0.2, -0.15) is 0 Å². The van der Waals surface area contributed by atoms with Crippen LogP contribution in [0.3, 0.4) is 0 Å². The second kappa shape index (κ2) is 6.75. The molecule has 0 unspecified atom stereocenters. The van der Waals surface area contributed by atoms with Gasteiger partial charge in [0.05, 0.1) is 0 Å². The van der Waals surface area contributed by atoms with E-state index in [1.54, 1.807) is 0 Å². The lowest BCUT2D eigenvalue weighted by Crippen LogP contribution is -2.36. The Morgan fingerprint density at radius 2 is 2.15 bits per heavy atom. The largest absolute Gasteiger partial charge is 0.483 e. The average molecular weight is 276 g/mol. The van der Waals surface area contributed by atoms with Crippen molar-refractivity contribution < 1.29 is 9.53 Å². The van der Waals surface area contributed by atoms with Gasteiger partial charge >= 0.3 is 0 Å². The van der Waals surface area contributed by atoms with E-state index >= 15 is 0 Å². The van der Waals surface area contributed by atoms with Gasteiger partial charge in [-0.1, -0.05) is 25.0 Å². The summed E-state index contributed by atoms with van der Waals surface area (Å²) in [6.45, 7) is 3.96. The first-order chi connectivity index (χ1) is 9.56. The number of nitrogens with two attached hydrogens (primary N) is 1.